The second-order valence-corrected chi connectivity index (χ2v) is 6.65. The summed E-state index contributed by atoms with van der Waals surface area (Å²) >= 11 is 0. The summed E-state index contributed by atoms with van der Waals surface area (Å²) in [6.07, 6.45) is 1.92. The molecule has 0 atom stereocenters. The maximum atomic E-state index is 12.5. The van der Waals surface area contributed by atoms with Gasteiger partial charge in [-0.25, -0.2) is 0 Å². The van der Waals surface area contributed by atoms with Crippen molar-refractivity contribution >= 4 is 28.9 Å². The highest BCUT2D eigenvalue weighted by Gasteiger charge is 2.31. The van der Waals surface area contributed by atoms with Crippen LogP contribution in [-0.2, 0) is 17.6 Å². The first-order chi connectivity index (χ1) is 12.4. The minimum Gasteiger partial charge on any atom is -0.322 e. The molecule has 132 valence electrons. The fourth-order valence-corrected chi connectivity index (χ4v) is 3.68. The number of anilines is 2. The molecule has 0 saturated heterocycles. The number of amides is 2. The zero-order valence-electron chi connectivity index (χ0n) is 14.2. The summed E-state index contributed by atoms with van der Waals surface area (Å²) in [5.41, 5.74) is 4.45. The van der Waals surface area contributed by atoms with Crippen molar-refractivity contribution < 1.29 is 14.5 Å². The molecule has 2 aromatic carbocycles. The SMILES string of the molecule is Cc1ccc(C(=O)Nc2cc3c4c(c2)CCN4C(=O)CC3)cc1[N+](=O)[O-]. The fourth-order valence-electron chi connectivity index (χ4n) is 3.68. The third-order valence-corrected chi connectivity index (χ3v) is 4.98. The molecular weight excluding hydrogens is 334 g/mol. The Hall–Kier alpha value is -3.22. The Kier molecular flexibility index (Phi) is 3.72. The van der Waals surface area contributed by atoms with Crippen LogP contribution < -0.4 is 10.2 Å². The van der Waals surface area contributed by atoms with Crippen molar-refractivity contribution in [1.29, 1.82) is 0 Å². The molecule has 2 aliphatic heterocycles. The number of nitrogens with zero attached hydrogens (tertiary/aromatic N) is 2. The number of nitro benzene ring substituents is 1. The molecule has 0 aromatic heterocycles. The molecule has 2 aliphatic rings. The number of hydrogen-bond acceptors (Lipinski definition) is 4. The van der Waals surface area contributed by atoms with Gasteiger partial charge in [-0.1, -0.05) is 6.07 Å². The zero-order chi connectivity index (χ0) is 18.4. The Morgan fingerprint density at radius 1 is 1.15 bits per heavy atom. The summed E-state index contributed by atoms with van der Waals surface area (Å²) in [4.78, 5) is 36.9. The smallest absolute Gasteiger partial charge is 0.273 e. The van der Waals surface area contributed by atoms with Crippen LogP contribution in [0.15, 0.2) is 30.3 Å². The van der Waals surface area contributed by atoms with Gasteiger partial charge in [-0.05, 0) is 49.1 Å². The van der Waals surface area contributed by atoms with Gasteiger partial charge in [0.15, 0.2) is 0 Å². The molecular formula is C19H17N3O4. The topological polar surface area (TPSA) is 92.6 Å². The second kappa shape index (κ2) is 5.94. The fraction of sp³-hybridized carbons (Fsp3) is 0.263. The van der Waals surface area contributed by atoms with Gasteiger partial charge in [-0.2, -0.15) is 0 Å². The van der Waals surface area contributed by atoms with Crippen LogP contribution in [0.4, 0.5) is 17.1 Å². The van der Waals surface area contributed by atoms with E-state index in [1.54, 1.807) is 19.1 Å². The van der Waals surface area contributed by atoms with Crippen LogP contribution in [-0.4, -0.2) is 23.3 Å². The first-order valence-electron chi connectivity index (χ1n) is 8.46. The molecule has 0 aliphatic carbocycles. The van der Waals surface area contributed by atoms with Gasteiger partial charge in [0.05, 0.1) is 10.6 Å². The van der Waals surface area contributed by atoms with E-state index in [0.29, 0.717) is 30.6 Å². The van der Waals surface area contributed by atoms with E-state index in [1.165, 1.54) is 6.07 Å². The predicted octanol–water partition coefficient (Wildman–Crippen LogP) is 2.99. The van der Waals surface area contributed by atoms with Crippen molar-refractivity contribution in [2.45, 2.75) is 26.2 Å². The van der Waals surface area contributed by atoms with E-state index >= 15 is 0 Å². The Morgan fingerprint density at radius 3 is 2.62 bits per heavy atom. The molecule has 2 amide bonds. The first-order valence-corrected chi connectivity index (χ1v) is 8.46. The maximum absolute atomic E-state index is 12.5. The summed E-state index contributed by atoms with van der Waals surface area (Å²) in [7, 11) is 0. The lowest BCUT2D eigenvalue weighted by atomic mass is 9.98. The maximum Gasteiger partial charge on any atom is 0.273 e. The minimum atomic E-state index is -0.489. The van der Waals surface area contributed by atoms with Gasteiger partial charge >= 0.3 is 0 Å². The van der Waals surface area contributed by atoms with Crippen molar-refractivity contribution in [3.8, 4) is 0 Å². The van der Waals surface area contributed by atoms with Gasteiger partial charge in [-0.15, -0.1) is 0 Å². The monoisotopic (exact) mass is 351 g/mol. The Balaban J connectivity index is 1.63. The summed E-state index contributed by atoms with van der Waals surface area (Å²) in [6, 6.07) is 8.23. The number of aryl methyl sites for hydroxylation is 2. The molecule has 26 heavy (non-hydrogen) atoms. The Labute approximate surface area is 149 Å². The van der Waals surface area contributed by atoms with Crippen molar-refractivity contribution in [2.24, 2.45) is 0 Å². The second-order valence-electron chi connectivity index (χ2n) is 6.65. The van der Waals surface area contributed by atoms with Crippen molar-refractivity contribution in [2.75, 3.05) is 16.8 Å². The van der Waals surface area contributed by atoms with E-state index < -0.39 is 4.92 Å². The standard InChI is InChI=1S/C19H17N3O4/c1-11-2-3-14(10-16(11)22(25)26)19(24)20-15-8-12-4-5-17(23)21-7-6-13(9-15)18(12)21/h2-3,8-10H,4-7H2,1H3,(H,20,24). The van der Waals surface area contributed by atoms with Crippen LogP contribution in [0.25, 0.3) is 0 Å². The van der Waals surface area contributed by atoms with Crippen molar-refractivity contribution in [3.05, 3.63) is 62.7 Å². The molecule has 7 nitrogen and oxygen atoms in total. The molecule has 7 heteroatoms. The lowest BCUT2D eigenvalue weighted by molar-refractivity contribution is -0.385. The van der Waals surface area contributed by atoms with E-state index in [0.717, 1.165) is 23.2 Å². The molecule has 0 spiro atoms. The molecule has 2 heterocycles. The van der Waals surface area contributed by atoms with Gasteiger partial charge in [0.1, 0.15) is 0 Å². The molecule has 2 aromatic rings. The lowest BCUT2D eigenvalue weighted by Crippen LogP contribution is -2.32. The number of hydrogen-bond donors (Lipinski definition) is 1. The van der Waals surface area contributed by atoms with Gasteiger partial charge in [0.2, 0.25) is 5.91 Å². The highest BCUT2D eigenvalue weighted by molar-refractivity contribution is 6.05. The van der Waals surface area contributed by atoms with Gasteiger partial charge in [0.25, 0.3) is 11.6 Å². The highest BCUT2D eigenvalue weighted by Crippen LogP contribution is 2.38. The van der Waals surface area contributed by atoms with E-state index in [-0.39, 0.29) is 23.1 Å². The molecule has 4 rings (SSSR count). The molecule has 0 fully saturated rings. The van der Waals surface area contributed by atoms with E-state index in [1.807, 2.05) is 17.0 Å². The van der Waals surface area contributed by atoms with Gasteiger partial charge in [0, 0.05) is 35.8 Å². The Morgan fingerprint density at radius 2 is 1.88 bits per heavy atom. The quantitative estimate of drug-likeness (QED) is 0.679. The van der Waals surface area contributed by atoms with Gasteiger partial charge < -0.3 is 10.2 Å². The number of carbonyl (C=O) groups excluding carboxylic acids is 2. The van der Waals surface area contributed by atoms with Crippen molar-refractivity contribution in [3.63, 3.8) is 0 Å². The van der Waals surface area contributed by atoms with Crippen LogP contribution in [0.2, 0.25) is 0 Å². The third-order valence-electron chi connectivity index (χ3n) is 4.98. The van der Waals surface area contributed by atoms with Gasteiger partial charge in [-0.3, -0.25) is 19.7 Å². The largest absolute Gasteiger partial charge is 0.322 e. The van der Waals surface area contributed by atoms with Crippen LogP contribution in [0.3, 0.4) is 0 Å². The molecule has 0 radical (unpaired) electrons. The normalized spacial score (nSPS) is 15.0. The predicted molar refractivity (Wildman–Crippen MR) is 96.6 cm³/mol. The molecule has 0 saturated carbocycles. The third kappa shape index (κ3) is 2.61. The first kappa shape index (κ1) is 16.3. The molecule has 1 N–H and O–H groups in total. The minimum absolute atomic E-state index is 0.0733. The van der Waals surface area contributed by atoms with E-state index in [9.17, 15) is 19.7 Å². The molecule has 0 unspecified atom stereocenters. The van der Waals surface area contributed by atoms with Crippen LogP contribution in [0.5, 0.6) is 0 Å². The number of benzene rings is 2. The van der Waals surface area contributed by atoms with Crippen LogP contribution in [0, 0.1) is 17.0 Å². The highest BCUT2D eigenvalue weighted by atomic mass is 16.6. The van der Waals surface area contributed by atoms with Crippen LogP contribution in [0.1, 0.15) is 33.5 Å². The van der Waals surface area contributed by atoms with Crippen molar-refractivity contribution in [1.82, 2.24) is 0 Å². The Bertz CT molecular complexity index is 967. The van der Waals surface area contributed by atoms with E-state index in [4.69, 9.17) is 0 Å². The number of nitrogens with one attached hydrogen (secondary N) is 1. The average Bonchev–Trinajstić information content (AvgIpc) is 3.03. The zero-order valence-corrected chi connectivity index (χ0v) is 14.2. The summed E-state index contributed by atoms with van der Waals surface area (Å²) in [5.74, 6) is -0.234. The lowest BCUT2D eigenvalue weighted by Gasteiger charge is -2.25. The number of rotatable bonds is 3. The summed E-state index contributed by atoms with van der Waals surface area (Å²) in [6.45, 7) is 2.32. The number of carbonyl (C=O) groups is 2. The summed E-state index contributed by atoms with van der Waals surface area (Å²) < 4.78 is 0. The summed E-state index contributed by atoms with van der Waals surface area (Å²) in [5, 5.41) is 13.9. The number of nitro groups is 1. The average molecular weight is 351 g/mol. The van der Waals surface area contributed by atoms with Crippen LogP contribution >= 0.6 is 0 Å². The molecule has 0 bridgehead atoms. The van der Waals surface area contributed by atoms with E-state index in [2.05, 4.69) is 5.32 Å².